The Morgan fingerprint density at radius 3 is 2.41 bits per heavy atom. The van der Waals surface area contributed by atoms with Gasteiger partial charge in [-0.05, 0) is 43.4 Å². The van der Waals surface area contributed by atoms with E-state index in [0.717, 1.165) is 31.6 Å². The first-order valence-electron chi connectivity index (χ1n) is 5.95. The van der Waals surface area contributed by atoms with E-state index in [2.05, 4.69) is 6.07 Å². The van der Waals surface area contributed by atoms with Crippen molar-refractivity contribution in [2.24, 2.45) is 5.92 Å². The van der Waals surface area contributed by atoms with Crippen molar-refractivity contribution in [3.63, 3.8) is 0 Å². The molecule has 3 nitrogen and oxygen atoms in total. The van der Waals surface area contributed by atoms with E-state index in [1.807, 2.05) is 19.1 Å². The molecule has 1 heterocycles. The summed E-state index contributed by atoms with van der Waals surface area (Å²) in [6.45, 7) is 3.29. The molecule has 0 saturated carbocycles. The fraction of sp³-hybridized carbons (Fsp3) is 0.500. The van der Waals surface area contributed by atoms with Crippen molar-refractivity contribution in [3.05, 3.63) is 35.4 Å². The van der Waals surface area contributed by atoms with Gasteiger partial charge < -0.3 is 9.84 Å². The molecule has 17 heavy (non-hydrogen) atoms. The molecule has 1 aromatic carbocycles. The molecule has 3 heteroatoms. The van der Waals surface area contributed by atoms with Crippen LogP contribution in [0.1, 0.15) is 30.9 Å². The molecular weight excluding hydrogens is 214 g/mol. The Kier molecular flexibility index (Phi) is 3.46. The second kappa shape index (κ2) is 4.87. The Hall–Kier alpha value is -1.37. The van der Waals surface area contributed by atoms with Crippen LogP contribution < -0.4 is 0 Å². The largest absolute Gasteiger partial charge is 0.385 e. The highest BCUT2D eigenvalue weighted by Gasteiger charge is 2.34. The number of nitrogens with zero attached hydrogens (tertiary/aromatic N) is 1. The number of aliphatic hydroxyl groups is 1. The van der Waals surface area contributed by atoms with Crippen molar-refractivity contribution in [2.75, 3.05) is 13.2 Å². The first-order valence-corrected chi connectivity index (χ1v) is 5.95. The molecule has 0 bridgehead atoms. The number of ether oxygens (including phenoxy) is 1. The lowest BCUT2D eigenvalue weighted by Crippen LogP contribution is -2.35. The van der Waals surface area contributed by atoms with E-state index in [1.165, 1.54) is 0 Å². The highest BCUT2D eigenvalue weighted by molar-refractivity contribution is 5.34. The second-order valence-electron chi connectivity index (χ2n) is 4.72. The molecule has 0 radical (unpaired) electrons. The van der Waals surface area contributed by atoms with Gasteiger partial charge in [0.15, 0.2) is 0 Å². The summed E-state index contributed by atoms with van der Waals surface area (Å²) in [6, 6.07) is 9.27. The highest BCUT2D eigenvalue weighted by Crippen LogP contribution is 2.35. The summed E-state index contributed by atoms with van der Waals surface area (Å²) in [7, 11) is 0. The first kappa shape index (κ1) is 12.1. The van der Waals surface area contributed by atoms with Crippen molar-refractivity contribution < 1.29 is 9.84 Å². The maximum atomic E-state index is 10.6. The van der Waals surface area contributed by atoms with Crippen molar-refractivity contribution >= 4 is 0 Å². The van der Waals surface area contributed by atoms with Gasteiger partial charge in [-0.15, -0.1) is 0 Å². The van der Waals surface area contributed by atoms with Gasteiger partial charge in [0.25, 0.3) is 0 Å². The molecular formula is C14H17NO2. The molecule has 1 aliphatic rings. The van der Waals surface area contributed by atoms with E-state index in [9.17, 15) is 5.11 Å². The van der Waals surface area contributed by atoms with Crippen LogP contribution in [0.4, 0.5) is 0 Å². The monoisotopic (exact) mass is 231 g/mol. The average Bonchev–Trinajstić information content (AvgIpc) is 2.40. The van der Waals surface area contributed by atoms with E-state index < -0.39 is 5.60 Å². The van der Waals surface area contributed by atoms with Gasteiger partial charge in [-0.1, -0.05) is 12.1 Å². The second-order valence-corrected chi connectivity index (χ2v) is 4.72. The quantitative estimate of drug-likeness (QED) is 0.848. The lowest BCUT2D eigenvalue weighted by Gasteiger charge is -2.36. The van der Waals surface area contributed by atoms with Crippen molar-refractivity contribution in [1.82, 2.24) is 0 Å². The van der Waals surface area contributed by atoms with Gasteiger partial charge in [-0.25, -0.2) is 0 Å². The number of hydrogen-bond acceptors (Lipinski definition) is 3. The van der Waals surface area contributed by atoms with Crippen LogP contribution in [0.25, 0.3) is 0 Å². The number of hydrogen-bond donors (Lipinski definition) is 1. The van der Waals surface area contributed by atoms with Crippen LogP contribution in [0.5, 0.6) is 0 Å². The van der Waals surface area contributed by atoms with Crippen LogP contribution >= 0.6 is 0 Å². The molecule has 1 N–H and O–H groups in total. The van der Waals surface area contributed by atoms with Gasteiger partial charge in [0.05, 0.1) is 17.2 Å². The van der Waals surface area contributed by atoms with Gasteiger partial charge in [0.1, 0.15) is 0 Å². The predicted octanol–water partition coefficient (Wildman–Crippen LogP) is 2.19. The van der Waals surface area contributed by atoms with E-state index in [-0.39, 0.29) is 5.92 Å². The molecule has 0 amide bonds. The van der Waals surface area contributed by atoms with Gasteiger partial charge in [0.2, 0.25) is 0 Å². The highest BCUT2D eigenvalue weighted by atomic mass is 16.5. The molecule has 1 aliphatic heterocycles. The Bertz CT molecular complexity index is 411. The number of rotatable bonds is 2. The molecule has 0 spiro atoms. The summed E-state index contributed by atoms with van der Waals surface area (Å²) >= 11 is 0. The Morgan fingerprint density at radius 2 is 1.88 bits per heavy atom. The van der Waals surface area contributed by atoms with Crippen molar-refractivity contribution in [2.45, 2.75) is 25.4 Å². The molecule has 1 atom stereocenters. The van der Waals surface area contributed by atoms with E-state index in [4.69, 9.17) is 10.00 Å². The van der Waals surface area contributed by atoms with Crippen LogP contribution in [0, 0.1) is 17.2 Å². The zero-order valence-corrected chi connectivity index (χ0v) is 10.0. The zero-order chi connectivity index (χ0) is 12.3. The molecule has 1 saturated heterocycles. The van der Waals surface area contributed by atoms with Crippen LogP contribution in [0.15, 0.2) is 24.3 Å². The third kappa shape index (κ3) is 2.49. The maximum Gasteiger partial charge on any atom is 0.0991 e. The van der Waals surface area contributed by atoms with E-state index in [0.29, 0.717) is 5.56 Å². The minimum Gasteiger partial charge on any atom is -0.385 e. The minimum atomic E-state index is -0.836. The van der Waals surface area contributed by atoms with Gasteiger partial charge >= 0.3 is 0 Å². The number of benzene rings is 1. The third-order valence-corrected chi connectivity index (χ3v) is 3.61. The SMILES string of the molecule is CC(O)(c1ccc(C#N)cc1)C1CCOCC1. The topological polar surface area (TPSA) is 53.2 Å². The van der Waals surface area contributed by atoms with Crippen molar-refractivity contribution in [1.29, 1.82) is 5.26 Å². The minimum absolute atomic E-state index is 0.226. The lowest BCUT2D eigenvalue weighted by molar-refractivity contribution is -0.0579. The summed E-state index contributed by atoms with van der Waals surface area (Å²) in [4.78, 5) is 0. The fourth-order valence-corrected chi connectivity index (χ4v) is 2.38. The summed E-state index contributed by atoms with van der Waals surface area (Å²) in [5.41, 5.74) is 0.664. The summed E-state index contributed by atoms with van der Waals surface area (Å²) in [5.74, 6) is 0.226. The first-order chi connectivity index (χ1) is 8.14. The normalized spacial score (nSPS) is 20.5. The Balaban J connectivity index is 2.20. The van der Waals surface area contributed by atoms with Gasteiger partial charge in [-0.2, -0.15) is 5.26 Å². The molecule has 0 aromatic heterocycles. The van der Waals surface area contributed by atoms with E-state index >= 15 is 0 Å². The van der Waals surface area contributed by atoms with Crippen LogP contribution in [0.3, 0.4) is 0 Å². The summed E-state index contributed by atoms with van der Waals surface area (Å²) in [6.07, 6.45) is 1.76. The van der Waals surface area contributed by atoms with Crippen molar-refractivity contribution in [3.8, 4) is 6.07 Å². The Labute approximate surface area is 102 Å². The van der Waals surface area contributed by atoms with Crippen LogP contribution in [-0.4, -0.2) is 18.3 Å². The van der Waals surface area contributed by atoms with Gasteiger partial charge in [0, 0.05) is 13.2 Å². The molecule has 0 aliphatic carbocycles. The van der Waals surface area contributed by atoms with Crippen LogP contribution in [0.2, 0.25) is 0 Å². The zero-order valence-electron chi connectivity index (χ0n) is 10.0. The third-order valence-electron chi connectivity index (χ3n) is 3.61. The molecule has 1 fully saturated rings. The molecule has 2 rings (SSSR count). The summed E-state index contributed by atoms with van der Waals surface area (Å²) in [5, 5.41) is 19.4. The summed E-state index contributed by atoms with van der Waals surface area (Å²) < 4.78 is 5.31. The average molecular weight is 231 g/mol. The number of nitriles is 1. The standard InChI is InChI=1S/C14H17NO2/c1-14(16,13-6-8-17-9-7-13)12-4-2-11(10-15)3-5-12/h2-5,13,16H,6-9H2,1H3. The van der Waals surface area contributed by atoms with Crippen LogP contribution in [-0.2, 0) is 10.3 Å². The molecule has 1 aromatic rings. The Morgan fingerprint density at radius 1 is 1.29 bits per heavy atom. The fourth-order valence-electron chi connectivity index (χ4n) is 2.38. The molecule has 1 unspecified atom stereocenters. The maximum absolute atomic E-state index is 10.6. The predicted molar refractivity (Wildman–Crippen MR) is 64.3 cm³/mol. The smallest absolute Gasteiger partial charge is 0.0991 e. The van der Waals surface area contributed by atoms with Gasteiger partial charge in [-0.3, -0.25) is 0 Å². The van der Waals surface area contributed by atoms with E-state index in [1.54, 1.807) is 12.1 Å². The molecule has 90 valence electrons. The lowest BCUT2D eigenvalue weighted by atomic mass is 9.78.